The number of fused-ring (bicyclic) bond motifs is 4. The topological polar surface area (TPSA) is 89.4 Å². The van der Waals surface area contributed by atoms with Gasteiger partial charge >= 0.3 is 0 Å². The summed E-state index contributed by atoms with van der Waals surface area (Å²) in [4.78, 5) is 20.6. The van der Waals surface area contributed by atoms with Gasteiger partial charge in [-0.1, -0.05) is 11.6 Å². The predicted octanol–water partition coefficient (Wildman–Crippen LogP) is 1.36. The molecule has 3 heterocycles. The van der Waals surface area contributed by atoms with Crippen molar-refractivity contribution in [1.29, 1.82) is 0 Å². The van der Waals surface area contributed by atoms with Gasteiger partial charge in [-0.2, -0.15) is 10.2 Å². The van der Waals surface area contributed by atoms with Crippen LogP contribution in [-0.4, -0.2) is 29.9 Å². The molecule has 2 aromatic rings. The zero-order chi connectivity index (χ0) is 13.9. The summed E-state index contributed by atoms with van der Waals surface area (Å²) in [5.41, 5.74) is 2.74. The molecule has 0 fully saturated rings. The molecule has 1 aromatic heterocycles. The molecule has 20 heavy (non-hydrogen) atoms. The van der Waals surface area contributed by atoms with Gasteiger partial charge in [0.05, 0.1) is 11.0 Å². The molecule has 1 aromatic carbocycles. The zero-order valence-electron chi connectivity index (χ0n) is 10.3. The van der Waals surface area contributed by atoms with Gasteiger partial charge in [-0.05, 0) is 18.2 Å². The number of halogens is 1. The van der Waals surface area contributed by atoms with E-state index in [-0.39, 0.29) is 11.3 Å². The minimum atomic E-state index is -0.342. The summed E-state index contributed by atoms with van der Waals surface area (Å²) in [6.45, 7) is 0. The van der Waals surface area contributed by atoms with E-state index in [0.29, 0.717) is 32.9 Å². The molecule has 0 saturated carbocycles. The number of rotatable bonds is 0. The molecule has 98 valence electrons. The Kier molecular flexibility index (Phi) is 2.11. The van der Waals surface area contributed by atoms with Gasteiger partial charge in [0.1, 0.15) is 11.2 Å². The summed E-state index contributed by atoms with van der Waals surface area (Å²) < 4.78 is 1.52. The summed E-state index contributed by atoms with van der Waals surface area (Å²) in [6, 6.07) is 5.26. The number of benzene rings is 1. The first-order valence-electron chi connectivity index (χ1n) is 5.82. The van der Waals surface area contributed by atoms with Crippen molar-refractivity contribution in [2.45, 2.75) is 0 Å². The lowest BCUT2D eigenvalue weighted by atomic mass is 10.2. The number of aryl methyl sites for hydroxylation is 1. The number of nitrogens with zero attached hydrogens (tertiary/aromatic N) is 5. The molecule has 4 rings (SSSR count). The number of nitrogens with one attached hydrogen (secondary N) is 1. The molecule has 8 heteroatoms. The number of H-pyrrole nitrogens is 1. The van der Waals surface area contributed by atoms with Crippen LogP contribution in [0.3, 0.4) is 0 Å². The Morgan fingerprint density at radius 1 is 1.20 bits per heavy atom. The van der Waals surface area contributed by atoms with Gasteiger partial charge in [0.25, 0.3) is 5.56 Å². The molecule has 0 bridgehead atoms. The lowest BCUT2D eigenvalue weighted by Crippen LogP contribution is -2.10. The maximum absolute atomic E-state index is 11.6. The molecule has 0 unspecified atom stereocenters. The van der Waals surface area contributed by atoms with Crippen LogP contribution in [0.15, 0.2) is 23.0 Å². The molecule has 1 N–H and O–H groups in total. The van der Waals surface area contributed by atoms with Crippen LogP contribution >= 0.6 is 11.6 Å². The summed E-state index contributed by atoms with van der Waals surface area (Å²) in [6.07, 6.45) is 0. The van der Waals surface area contributed by atoms with Crippen LogP contribution in [0.25, 0.3) is 33.6 Å². The molecule has 0 radical (unpaired) electrons. The summed E-state index contributed by atoms with van der Waals surface area (Å²) >= 11 is 5.97. The fourth-order valence-electron chi connectivity index (χ4n) is 2.18. The van der Waals surface area contributed by atoms with Crippen molar-refractivity contribution in [3.8, 4) is 11.4 Å². The Balaban J connectivity index is 2.26. The minimum absolute atomic E-state index is 0.246. The third-order valence-electron chi connectivity index (χ3n) is 3.10. The van der Waals surface area contributed by atoms with Crippen LogP contribution in [0.5, 0.6) is 0 Å². The summed E-state index contributed by atoms with van der Waals surface area (Å²) in [5.74, 6) is 0. The fraction of sp³-hybridized carbons (Fsp3) is 0.0833. The fourth-order valence-corrected chi connectivity index (χ4v) is 2.34. The SMILES string of the molecule is Cn1nc2c(=O)[nH]nc-2c2nc3cc(Cl)ccc3nc21. The van der Waals surface area contributed by atoms with Crippen LogP contribution in [-0.2, 0) is 7.05 Å². The van der Waals surface area contributed by atoms with Gasteiger partial charge in [0.2, 0.25) is 0 Å². The van der Waals surface area contributed by atoms with E-state index in [4.69, 9.17) is 11.6 Å². The highest BCUT2D eigenvalue weighted by molar-refractivity contribution is 6.31. The monoisotopic (exact) mass is 286 g/mol. The average Bonchev–Trinajstić information content (AvgIpc) is 2.79. The molecule has 0 aliphatic carbocycles. The Bertz CT molecular complexity index is 1000. The van der Waals surface area contributed by atoms with E-state index in [0.717, 1.165) is 0 Å². The highest BCUT2D eigenvalue weighted by Crippen LogP contribution is 2.24. The Morgan fingerprint density at radius 3 is 2.90 bits per heavy atom. The van der Waals surface area contributed by atoms with Crippen molar-refractivity contribution in [3.63, 3.8) is 0 Å². The van der Waals surface area contributed by atoms with Crippen molar-refractivity contribution in [3.05, 3.63) is 33.6 Å². The van der Waals surface area contributed by atoms with Crippen LogP contribution in [0, 0.1) is 0 Å². The van der Waals surface area contributed by atoms with Crippen molar-refractivity contribution in [1.82, 2.24) is 29.9 Å². The van der Waals surface area contributed by atoms with E-state index >= 15 is 0 Å². The maximum atomic E-state index is 11.6. The van der Waals surface area contributed by atoms with E-state index in [9.17, 15) is 4.79 Å². The Hall–Kier alpha value is -2.54. The third-order valence-corrected chi connectivity index (χ3v) is 3.33. The van der Waals surface area contributed by atoms with E-state index < -0.39 is 0 Å². The van der Waals surface area contributed by atoms with Crippen molar-refractivity contribution < 1.29 is 0 Å². The van der Waals surface area contributed by atoms with Crippen LogP contribution in [0.2, 0.25) is 5.02 Å². The molecule has 2 aliphatic rings. The second-order valence-electron chi connectivity index (χ2n) is 4.40. The van der Waals surface area contributed by atoms with Crippen LogP contribution in [0.4, 0.5) is 0 Å². The number of hydrogen-bond acceptors (Lipinski definition) is 5. The standard InChI is InChI=1S/C12H7ClN6O/c1-19-11-9(8-10(18-19)12(20)17-16-8)14-7-4-5(13)2-3-6(7)15-11/h2-4H,1H3,(H,17,20). The molecule has 0 saturated heterocycles. The Labute approximate surface area is 116 Å². The van der Waals surface area contributed by atoms with E-state index in [1.807, 2.05) is 0 Å². The second-order valence-corrected chi connectivity index (χ2v) is 4.84. The lowest BCUT2D eigenvalue weighted by molar-refractivity contribution is 0.767. The first kappa shape index (κ1) is 11.3. The quantitative estimate of drug-likeness (QED) is 0.493. The molecule has 0 spiro atoms. The minimum Gasteiger partial charge on any atom is -0.265 e. The molecule has 0 atom stereocenters. The molecule has 2 aliphatic heterocycles. The number of hydrogen-bond donors (Lipinski definition) is 1. The van der Waals surface area contributed by atoms with E-state index in [2.05, 4.69) is 25.3 Å². The smallest absolute Gasteiger partial charge is 0.265 e. The number of aromatic amines is 1. The second kappa shape index (κ2) is 3.73. The Morgan fingerprint density at radius 2 is 2.05 bits per heavy atom. The normalized spacial score (nSPS) is 11.7. The average molecular weight is 287 g/mol. The maximum Gasteiger partial charge on any atom is 0.294 e. The highest BCUT2D eigenvalue weighted by Gasteiger charge is 2.20. The van der Waals surface area contributed by atoms with Gasteiger partial charge in [-0.15, -0.1) is 0 Å². The summed E-state index contributed by atoms with van der Waals surface area (Å²) in [7, 11) is 1.71. The van der Waals surface area contributed by atoms with Gasteiger partial charge in [0.15, 0.2) is 11.3 Å². The lowest BCUT2D eigenvalue weighted by Gasteiger charge is -2.07. The van der Waals surface area contributed by atoms with Crippen molar-refractivity contribution in [2.75, 3.05) is 0 Å². The molecular weight excluding hydrogens is 280 g/mol. The van der Waals surface area contributed by atoms with Gasteiger partial charge in [-0.25, -0.2) is 19.7 Å². The highest BCUT2D eigenvalue weighted by atomic mass is 35.5. The first-order valence-corrected chi connectivity index (χ1v) is 6.20. The van der Waals surface area contributed by atoms with Crippen LogP contribution < -0.4 is 5.56 Å². The predicted molar refractivity (Wildman–Crippen MR) is 73.9 cm³/mol. The van der Waals surface area contributed by atoms with Crippen molar-refractivity contribution in [2.24, 2.45) is 7.05 Å². The zero-order valence-corrected chi connectivity index (χ0v) is 11.0. The van der Waals surface area contributed by atoms with Gasteiger partial charge in [0, 0.05) is 12.1 Å². The van der Waals surface area contributed by atoms with Crippen LogP contribution in [0.1, 0.15) is 0 Å². The van der Waals surface area contributed by atoms with E-state index in [1.165, 1.54) is 4.68 Å². The third kappa shape index (κ3) is 1.44. The van der Waals surface area contributed by atoms with Gasteiger partial charge in [-0.3, -0.25) is 4.79 Å². The summed E-state index contributed by atoms with van der Waals surface area (Å²) in [5, 5.41) is 11.1. The van der Waals surface area contributed by atoms with Gasteiger partial charge < -0.3 is 0 Å². The molecule has 0 amide bonds. The van der Waals surface area contributed by atoms with E-state index in [1.54, 1.807) is 25.2 Å². The number of aromatic nitrogens is 6. The largest absolute Gasteiger partial charge is 0.294 e. The first-order chi connectivity index (χ1) is 9.63. The molecular formula is C12H7ClN6O. The molecule has 7 nitrogen and oxygen atoms in total. The van der Waals surface area contributed by atoms with Crippen molar-refractivity contribution >= 4 is 33.8 Å².